The Hall–Kier alpha value is -1.31. The van der Waals surface area contributed by atoms with E-state index in [1.807, 2.05) is 0 Å². The lowest BCUT2D eigenvalue weighted by Crippen LogP contribution is -2.48. The van der Waals surface area contributed by atoms with E-state index in [4.69, 9.17) is 17.3 Å². The first-order valence-electron chi connectivity index (χ1n) is 7.19. The molecule has 1 aromatic heterocycles. The van der Waals surface area contributed by atoms with Gasteiger partial charge in [0.2, 0.25) is 0 Å². The van der Waals surface area contributed by atoms with Gasteiger partial charge in [0.15, 0.2) is 5.82 Å². The number of H-pyrrole nitrogens is 1. The Kier molecular flexibility index (Phi) is 5.44. The summed E-state index contributed by atoms with van der Waals surface area (Å²) in [5.41, 5.74) is 5.72. The number of carbonyl (C=O) groups excluding carboxylic acids is 1. The Labute approximate surface area is 129 Å². The minimum atomic E-state index is -0.269. The van der Waals surface area contributed by atoms with Crippen molar-refractivity contribution in [3.63, 3.8) is 0 Å². The average Bonchev–Trinajstić information content (AvgIpc) is 2.79. The molecule has 0 saturated carbocycles. The summed E-state index contributed by atoms with van der Waals surface area (Å²) < 4.78 is 0. The smallest absolute Gasteiger partial charge is 0.270 e. The second-order valence-corrected chi connectivity index (χ2v) is 5.91. The molecule has 2 rings (SSSR count). The molecule has 1 saturated heterocycles. The number of halogens is 1. The number of aromatic amines is 1. The number of nitrogens with zero attached hydrogens (tertiary/aromatic N) is 3. The van der Waals surface area contributed by atoms with Gasteiger partial charge in [0.05, 0.1) is 0 Å². The molecule has 1 aliphatic heterocycles. The Morgan fingerprint density at radius 1 is 1.48 bits per heavy atom. The van der Waals surface area contributed by atoms with E-state index in [1.54, 1.807) is 0 Å². The molecule has 1 unspecified atom stereocenters. The summed E-state index contributed by atoms with van der Waals surface area (Å²) in [4.78, 5) is 16.7. The number of rotatable bonds is 5. The number of anilines is 1. The van der Waals surface area contributed by atoms with Crippen molar-refractivity contribution in [1.82, 2.24) is 25.3 Å². The molecular weight excluding hydrogens is 292 g/mol. The zero-order valence-corrected chi connectivity index (χ0v) is 13.3. The maximum atomic E-state index is 11.9. The molecule has 0 spiro atoms. The molecule has 1 aliphatic rings. The summed E-state index contributed by atoms with van der Waals surface area (Å²) in [5.74, 6) is -0.123. The molecule has 0 radical (unpaired) electrons. The first kappa shape index (κ1) is 16.1. The largest absolute Gasteiger partial charge is 0.381 e. The van der Waals surface area contributed by atoms with Crippen molar-refractivity contribution in [1.29, 1.82) is 0 Å². The van der Waals surface area contributed by atoms with Gasteiger partial charge in [-0.05, 0) is 20.4 Å². The molecule has 1 atom stereocenters. The first-order valence-corrected chi connectivity index (χ1v) is 7.57. The number of nitrogens with one attached hydrogen (secondary N) is 2. The molecule has 2 heterocycles. The van der Waals surface area contributed by atoms with Gasteiger partial charge in [-0.1, -0.05) is 11.6 Å². The summed E-state index contributed by atoms with van der Waals surface area (Å²) in [6.45, 7) is 7.14. The highest BCUT2D eigenvalue weighted by Crippen LogP contribution is 2.19. The standard InChI is InChI=1S/C13H23ClN6O/c1-9(20-7-5-19(2)6-8-20)3-4-16-13(21)11-10(14)12(15)18-17-11/h9H,3-8H2,1-2H3,(H,16,21)(H3,15,17,18). The van der Waals surface area contributed by atoms with Crippen molar-refractivity contribution >= 4 is 23.3 Å². The van der Waals surface area contributed by atoms with Crippen LogP contribution in [0.15, 0.2) is 0 Å². The molecule has 0 aliphatic carbocycles. The summed E-state index contributed by atoms with van der Waals surface area (Å²) >= 11 is 5.89. The fraction of sp³-hybridized carbons (Fsp3) is 0.692. The molecule has 0 bridgehead atoms. The molecule has 0 aromatic carbocycles. The molecule has 1 amide bonds. The van der Waals surface area contributed by atoms with Crippen LogP contribution in [0.25, 0.3) is 0 Å². The fourth-order valence-corrected chi connectivity index (χ4v) is 2.59. The van der Waals surface area contributed by atoms with Crippen molar-refractivity contribution in [3.8, 4) is 0 Å². The van der Waals surface area contributed by atoms with E-state index in [0.717, 1.165) is 32.6 Å². The molecule has 1 fully saturated rings. The number of nitrogen functional groups attached to an aromatic ring is 1. The molecule has 4 N–H and O–H groups in total. The first-order chi connectivity index (χ1) is 9.99. The van der Waals surface area contributed by atoms with Gasteiger partial charge in [0.1, 0.15) is 10.7 Å². The third kappa shape index (κ3) is 4.09. The second kappa shape index (κ2) is 7.11. The van der Waals surface area contributed by atoms with E-state index < -0.39 is 0 Å². The van der Waals surface area contributed by atoms with E-state index >= 15 is 0 Å². The van der Waals surface area contributed by atoms with Crippen molar-refractivity contribution in [2.75, 3.05) is 45.5 Å². The number of hydrogen-bond acceptors (Lipinski definition) is 5. The van der Waals surface area contributed by atoms with Gasteiger partial charge in [-0.15, -0.1) is 0 Å². The SMILES string of the molecule is CC(CCNC(=O)c1[nH]nc(N)c1Cl)N1CCN(C)CC1. The highest BCUT2D eigenvalue weighted by Gasteiger charge is 2.20. The lowest BCUT2D eigenvalue weighted by molar-refractivity contribution is 0.0930. The zero-order chi connectivity index (χ0) is 15.4. The van der Waals surface area contributed by atoms with Gasteiger partial charge in [0.25, 0.3) is 5.91 Å². The molecule has 118 valence electrons. The summed E-state index contributed by atoms with van der Waals surface area (Å²) in [5, 5.41) is 9.28. The predicted molar refractivity (Wildman–Crippen MR) is 83.5 cm³/mol. The van der Waals surface area contributed by atoms with Crippen LogP contribution in [0.1, 0.15) is 23.8 Å². The van der Waals surface area contributed by atoms with Crippen LogP contribution in [-0.4, -0.2) is 71.7 Å². The Balaban J connectivity index is 1.74. The lowest BCUT2D eigenvalue weighted by Gasteiger charge is -2.36. The normalized spacial score (nSPS) is 18.6. The van der Waals surface area contributed by atoms with Gasteiger partial charge in [-0.2, -0.15) is 5.10 Å². The minimum Gasteiger partial charge on any atom is -0.381 e. The van der Waals surface area contributed by atoms with Crippen LogP contribution in [0.2, 0.25) is 5.02 Å². The van der Waals surface area contributed by atoms with Gasteiger partial charge in [0, 0.05) is 38.8 Å². The van der Waals surface area contributed by atoms with Crippen molar-refractivity contribution < 1.29 is 4.79 Å². The molecule has 8 heteroatoms. The Bertz CT molecular complexity index is 483. The molecule has 21 heavy (non-hydrogen) atoms. The average molecular weight is 315 g/mol. The van der Waals surface area contributed by atoms with Crippen LogP contribution >= 0.6 is 11.6 Å². The van der Waals surface area contributed by atoms with Crippen LogP contribution in [0.5, 0.6) is 0 Å². The maximum absolute atomic E-state index is 11.9. The van der Waals surface area contributed by atoms with Gasteiger partial charge >= 0.3 is 0 Å². The monoisotopic (exact) mass is 314 g/mol. The maximum Gasteiger partial charge on any atom is 0.270 e. The van der Waals surface area contributed by atoms with Gasteiger partial charge < -0.3 is 16.0 Å². The number of piperazine rings is 1. The highest BCUT2D eigenvalue weighted by atomic mass is 35.5. The third-order valence-electron chi connectivity index (χ3n) is 3.97. The van der Waals surface area contributed by atoms with Gasteiger partial charge in [-0.3, -0.25) is 14.8 Å². The number of aromatic nitrogens is 2. The number of carbonyl (C=O) groups is 1. The van der Waals surface area contributed by atoms with Crippen LogP contribution < -0.4 is 11.1 Å². The van der Waals surface area contributed by atoms with E-state index in [0.29, 0.717) is 12.6 Å². The molecule has 1 aromatic rings. The van der Waals surface area contributed by atoms with E-state index in [1.165, 1.54) is 0 Å². The van der Waals surface area contributed by atoms with Crippen molar-refractivity contribution in [3.05, 3.63) is 10.7 Å². The zero-order valence-electron chi connectivity index (χ0n) is 12.5. The Morgan fingerprint density at radius 3 is 2.71 bits per heavy atom. The van der Waals surface area contributed by atoms with E-state index in [9.17, 15) is 4.79 Å². The van der Waals surface area contributed by atoms with Crippen LogP contribution in [0.4, 0.5) is 5.82 Å². The number of amides is 1. The van der Waals surface area contributed by atoms with Crippen molar-refractivity contribution in [2.45, 2.75) is 19.4 Å². The summed E-state index contributed by atoms with van der Waals surface area (Å²) in [6.07, 6.45) is 0.899. The number of nitrogens with two attached hydrogens (primary N) is 1. The summed E-state index contributed by atoms with van der Waals surface area (Å²) in [6, 6.07) is 0.446. The Morgan fingerprint density at radius 2 is 2.14 bits per heavy atom. The van der Waals surface area contributed by atoms with Crippen LogP contribution in [0, 0.1) is 0 Å². The second-order valence-electron chi connectivity index (χ2n) is 5.53. The lowest BCUT2D eigenvalue weighted by atomic mass is 10.1. The molecule has 7 nitrogen and oxygen atoms in total. The summed E-state index contributed by atoms with van der Waals surface area (Å²) in [7, 11) is 2.14. The third-order valence-corrected chi connectivity index (χ3v) is 4.35. The van der Waals surface area contributed by atoms with E-state index in [-0.39, 0.29) is 22.4 Å². The minimum absolute atomic E-state index is 0.146. The quantitative estimate of drug-likeness (QED) is 0.732. The van der Waals surface area contributed by atoms with Gasteiger partial charge in [-0.25, -0.2) is 0 Å². The highest BCUT2D eigenvalue weighted by molar-refractivity contribution is 6.35. The predicted octanol–water partition coefficient (Wildman–Crippen LogP) is 0.401. The molecular formula is C13H23ClN6O. The number of likely N-dealkylation sites (N-methyl/N-ethyl adjacent to an activating group) is 1. The van der Waals surface area contributed by atoms with Crippen molar-refractivity contribution in [2.24, 2.45) is 0 Å². The van der Waals surface area contributed by atoms with Crippen LogP contribution in [0.3, 0.4) is 0 Å². The van der Waals surface area contributed by atoms with E-state index in [2.05, 4.69) is 39.3 Å². The van der Waals surface area contributed by atoms with Crippen LogP contribution in [-0.2, 0) is 0 Å². The topological polar surface area (TPSA) is 90.3 Å². The fourth-order valence-electron chi connectivity index (χ4n) is 2.42. The number of hydrogen-bond donors (Lipinski definition) is 3.